The fourth-order valence-corrected chi connectivity index (χ4v) is 1.62. The van der Waals surface area contributed by atoms with Crippen LogP contribution in [0.2, 0.25) is 0 Å². The minimum absolute atomic E-state index is 0.129. The molecule has 0 unspecified atom stereocenters. The Hall–Kier alpha value is -1.79. The summed E-state index contributed by atoms with van der Waals surface area (Å²) >= 11 is 0. The second-order valence-corrected chi connectivity index (χ2v) is 5.27. The van der Waals surface area contributed by atoms with Crippen molar-refractivity contribution in [1.29, 1.82) is 0 Å². The van der Waals surface area contributed by atoms with E-state index in [1.807, 2.05) is 13.8 Å². The number of esters is 1. The summed E-state index contributed by atoms with van der Waals surface area (Å²) in [5, 5.41) is 11.5. The maximum Gasteiger partial charge on any atom is 0.326 e. The predicted octanol–water partition coefficient (Wildman–Crippen LogP) is 1.08. The molecule has 7 heteroatoms. The van der Waals surface area contributed by atoms with Crippen LogP contribution in [-0.4, -0.2) is 53.7 Å². The average Bonchev–Trinajstić information content (AvgIpc) is 2.33. The number of carboxylic acid groups (broad SMARTS) is 1. The Bertz CT molecular complexity index is 355. The van der Waals surface area contributed by atoms with Gasteiger partial charge in [-0.1, -0.05) is 13.8 Å². The lowest BCUT2D eigenvalue weighted by molar-refractivity contribution is -0.141. The largest absolute Gasteiger partial charge is 0.480 e. The number of rotatable bonds is 7. The summed E-state index contributed by atoms with van der Waals surface area (Å²) in [6, 6.07) is -1.80. The Morgan fingerprint density at radius 3 is 2.10 bits per heavy atom. The zero-order valence-corrected chi connectivity index (χ0v) is 12.7. The number of carbonyl (C=O) groups excluding carboxylic acids is 2. The molecule has 2 N–H and O–H groups in total. The molecule has 0 bridgehead atoms. The lowest BCUT2D eigenvalue weighted by atomic mass is 10.0. The number of aliphatic carboxylic acids is 1. The molecule has 7 nitrogen and oxygen atoms in total. The molecule has 0 fully saturated rings. The number of hydrogen-bond acceptors (Lipinski definition) is 4. The van der Waals surface area contributed by atoms with E-state index in [1.165, 1.54) is 12.0 Å². The molecule has 0 aliphatic carbocycles. The quantitative estimate of drug-likeness (QED) is 0.683. The molecule has 0 radical (unpaired) electrons. The van der Waals surface area contributed by atoms with Crippen molar-refractivity contribution in [3.05, 3.63) is 0 Å². The van der Waals surface area contributed by atoms with Gasteiger partial charge in [-0.25, -0.2) is 9.59 Å². The highest BCUT2D eigenvalue weighted by molar-refractivity contribution is 5.85. The standard InChI is InChI=1S/C13H24N2O5/c1-8(2)6-10(12(17)18)14-13(19)15(9(3)4)7-11(16)20-5/h8-10H,6-7H2,1-5H3,(H,14,19)(H,17,18)/t10-/m0/s1. The van der Waals surface area contributed by atoms with Gasteiger partial charge in [-0.3, -0.25) is 4.79 Å². The first-order chi connectivity index (χ1) is 9.18. The highest BCUT2D eigenvalue weighted by Crippen LogP contribution is 2.07. The second-order valence-electron chi connectivity index (χ2n) is 5.27. The van der Waals surface area contributed by atoms with Crippen molar-refractivity contribution >= 4 is 18.0 Å². The van der Waals surface area contributed by atoms with E-state index >= 15 is 0 Å². The van der Waals surface area contributed by atoms with E-state index < -0.39 is 24.0 Å². The zero-order chi connectivity index (χ0) is 15.9. The van der Waals surface area contributed by atoms with Crippen LogP contribution in [0.1, 0.15) is 34.1 Å². The normalized spacial score (nSPS) is 12.2. The zero-order valence-electron chi connectivity index (χ0n) is 12.7. The van der Waals surface area contributed by atoms with Gasteiger partial charge in [-0.15, -0.1) is 0 Å². The van der Waals surface area contributed by atoms with Crippen LogP contribution in [-0.2, 0) is 14.3 Å². The topological polar surface area (TPSA) is 95.9 Å². The number of methoxy groups -OCH3 is 1. The summed E-state index contributed by atoms with van der Waals surface area (Å²) in [4.78, 5) is 35.7. The van der Waals surface area contributed by atoms with Crippen LogP contribution in [0.25, 0.3) is 0 Å². The molecule has 0 aliphatic heterocycles. The minimum atomic E-state index is -1.09. The van der Waals surface area contributed by atoms with Crippen LogP contribution < -0.4 is 5.32 Å². The summed E-state index contributed by atoms with van der Waals surface area (Å²) in [6.45, 7) is 7.00. The van der Waals surface area contributed by atoms with E-state index in [1.54, 1.807) is 13.8 Å². The van der Waals surface area contributed by atoms with Gasteiger partial charge in [0.15, 0.2) is 0 Å². The van der Waals surface area contributed by atoms with E-state index in [9.17, 15) is 14.4 Å². The smallest absolute Gasteiger partial charge is 0.326 e. The van der Waals surface area contributed by atoms with Crippen LogP contribution in [0.4, 0.5) is 4.79 Å². The summed E-state index contributed by atoms with van der Waals surface area (Å²) in [5.74, 6) is -1.51. The van der Waals surface area contributed by atoms with Gasteiger partial charge in [0.25, 0.3) is 0 Å². The summed E-state index contributed by atoms with van der Waals surface area (Å²) in [6.07, 6.45) is 0.325. The van der Waals surface area contributed by atoms with Gasteiger partial charge in [0, 0.05) is 6.04 Å². The number of nitrogens with one attached hydrogen (secondary N) is 1. The molecule has 0 aromatic heterocycles. The molecule has 0 spiro atoms. The predicted molar refractivity (Wildman–Crippen MR) is 73.3 cm³/mol. The van der Waals surface area contributed by atoms with Gasteiger partial charge in [0.2, 0.25) is 0 Å². The van der Waals surface area contributed by atoms with Crippen molar-refractivity contribution in [3.63, 3.8) is 0 Å². The van der Waals surface area contributed by atoms with Crippen molar-refractivity contribution in [2.45, 2.75) is 46.2 Å². The van der Waals surface area contributed by atoms with E-state index in [0.717, 1.165) is 0 Å². The second kappa shape index (κ2) is 8.39. The fourth-order valence-electron chi connectivity index (χ4n) is 1.62. The lowest BCUT2D eigenvalue weighted by Gasteiger charge is -2.27. The van der Waals surface area contributed by atoms with E-state index in [2.05, 4.69) is 10.1 Å². The molecule has 116 valence electrons. The third-order valence-corrected chi connectivity index (χ3v) is 2.71. The van der Waals surface area contributed by atoms with Crippen LogP contribution in [0, 0.1) is 5.92 Å². The van der Waals surface area contributed by atoms with Crippen molar-refractivity contribution < 1.29 is 24.2 Å². The molecule has 2 amide bonds. The molecule has 1 atom stereocenters. The third-order valence-electron chi connectivity index (χ3n) is 2.71. The van der Waals surface area contributed by atoms with Gasteiger partial charge in [-0.2, -0.15) is 0 Å². The monoisotopic (exact) mass is 288 g/mol. The van der Waals surface area contributed by atoms with Crippen LogP contribution in [0.5, 0.6) is 0 Å². The average molecular weight is 288 g/mol. The third kappa shape index (κ3) is 6.40. The molecule has 20 heavy (non-hydrogen) atoms. The number of ether oxygens (including phenoxy) is 1. The van der Waals surface area contributed by atoms with Crippen LogP contribution in [0.3, 0.4) is 0 Å². The first-order valence-electron chi connectivity index (χ1n) is 6.55. The number of urea groups is 1. The van der Waals surface area contributed by atoms with Crippen molar-refractivity contribution in [2.24, 2.45) is 5.92 Å². The van der Waals surface area contributed by atoms with Gasteiger partial charge in [-0.05, 0) is 26.2 Å². The Morgan fingerprint density at radius 2 is 1.75 bits per heavy atom. The van der Waals surface area contributed by atoms with Crippen LogP contribution >= 0.6 is 0 Å². The first kappa shape index (κ1) is 18.2. The van der Waals surface area contributed by atoms with Crippen LogP contribution in [0.15, 0.2) is 0 Å². The number of nitrogens with zero attached hydrogens (tertiary/aromatic N) is 1. The number of hydrogen-bond donors (Lipinski definition) is 2. The molecule has 0 saturated heterocycles. The molecular formula is C13H24N2O5. The van der Waals surface area contributed by atoms with Crippen molar-refractivity contribution in [1.82, 2.24) is 10.2 Å². The Kier molecular flexibility index (Phi) is 7.64. The maximum atomic E-state index is 12.1. The lowest BCUT2D eigenvalue weighted by Crippen LogP contribution is -2.52. The summed E-state index contributed by atoms with van der Waals surface area (Å²) in [7, 11) is 1.23. The maximum absolute atomic E-state index is 12.1. The van der Waals surface area contributed by atoms with Gasteiger partial charge in [0.05, 0.1) is 7.11 Å². The Balaban J connectivity index is 4.79. The first-order valence-corrected chi connectivity index (χ1v) is 6.55. The minimum Gasteiger partial charge on any atom is -0.480 e. The summed E-state index contributed by atoms with van der Waals surface area (Å²) in [5.41, 5.74) is 0. The van der Waals surface area contributed by atoms with Gasteiger partial charge >= 0.3 is 18.0 Å². The molecule has 0 saturated carbocycles. The molecular weight excluding hydrogens is 264 g/mol. The van der Waals surface area contributed by atoms with Crippen molar-refractivity contribution in [3.8, 4) is 0 Å². The van der Waals surface area contributed by atoms with Gasteiger partial charge < -0.3 is 20.1 Å². The Morgan fingerprint density at radius 1 is 1.20 bits per heavy atom. The molecule has 0 aromatic carbocycles. The highest BCUT2D eigenvalue weighted by atomic mass is 16.5. The number of carboxylic acids is 1. The summed E-state index contributed by atoms with van der Waals surface area (Å²) < 4.78 is 4.52. The SMILES string of the molecule is COC(=O)CN(C(=O)N[C@@H](CC(C)C)C(=O)O)C(C)C. The fraction of sp³-hybridized carbons (Fsp3) is 0.769. The van der Waals surface area contributed by atoms with Crippen molar-refractivity contribution in [2.75, 3.05) is 13.7 Å². The van der Waals surface area contributed by atoms with E-state index in [-0.39, 0.29) is 18.5 Å². The van der Waals surface area contributed by atoms with Gasteiger partial charge in [0.1, 0.15) is 12.6 Å². The number of carbonyl (C=O) groups is 3. The van der Waals surface area contributed by atoms with E-state index in [0.29, 0.717) is 6.42 Å². The number of amides is 2. The molecule has 0 aromatic rings. The molecule has 0 rings (SSSR count). The molecule has 0 heterocycles. The Labute approximate surface area is 119 Å². The van der Waals surface area contributed by atoms with E-state index in [4.69, 9.17) is 5.11 Å². The highest BCUT2D eigenvalue weighted by Gasteiger charge is 2.26. The molecule has 0 aliphatic rings.